The van der Waals surface area contributed by atoms with E-state index in [9.17, 15) is 53.7 Å². The van der Waals surface area contributed by atoms with E-state index in [1.165, 1.54) is 0 Å². The highest BCUT2D eigenvalue weighted by Crippen LogP contribution is 2.23. The van der Waals surface area contributed by atoms with E-state index in [1.807, 2.05) is 0 Å². The lowest BCUT2D eigenvalue weighted by atomic mass is 10.0. The summed E-state index contributed by atoms with van der Waals surface area (Å²) in [6.45, 7) is 3.63. The number of rotatable bonds is 11. The third-order valence-electron chi connectivity index (χ3n) is 7.37. The van der Waals surface area contributed by atoms with Gasteiger partial charge in [0, 0.05) is 18.1 Å². The van der Waals surface area contributed by atoms with Gasteiger partial charge in [-0.25, -0.2) is 0 Å². The van der Waals surface area contributed by atoms with Crippen LogP contribution in [0.5, 0.6) is 0 Å². The lowest BCUT2D eigenvalue weighted by molar-refractivity contribution is -0.142. The highest BCUT2D eigenvalue weighted by atomic mass is 33.1. The zero-order valence-electron chi connectivity index (χ0n) is 29.5. The number of carbonyl (C=O) groups excluding carboxylic acids is 7. The SMILES string of the molecule is CC(C)C[C@H]1NC(=O)[C@H]([C@H](C)O)NC(=O)[C@H](CC(=O)O)NC(=O)[C@H](CO)NC(=O)[C@@H](CCCN=C(N)N)NC(=O)[C@H](N)CSSC[C@H](C(N)=O)NC1=O. The lowest BCUT2D eigenvalue weighted by Crippen LogP contribution is -2.62. The Labute approximate surface area is 313 Å². The second kappa shape index (κ2) is 23.3. The summed E-state index contributed by atoms with van der Waals surface area (Å²) in [5.41, 5.74) is 22.2. The number of aliphatic hydroxyl groups excluding tert-OH is 2. The smallest absolute Gasteiger partial charge is 0.305 e. The minimum Gasteiger partial charge on any atom is -0.481 e. The Morgan fingerprint density at radius 3 is 1.85 bits per heavy atom. The maximum Gasteiger partial charge on any atom is 0.305 e. The van der Waals surface area contributed by atoms with Crippen LogP contribution >= 0.6 is 21.6 Å². The van der Waals surface area contributed by atoms with Crippen molar-refractivity contribution in [3.63, 3.8) is 0 Å². The van der Waals surface area contributed by atoms with E-state index in [-0.39, 0.29) is 49.2 Å². The fourth-order valence-electron chi connectivity index (χ4n) is 4.58. The molecule has 0 saturated carbocycles. The predicted octanol–water partition coefficient (Wildman–Crippen LogP) is -5.95. The highest BCUT2D eigenvalue weighted by molar-refractivity contribution is 8.76. The molecule has 1 rings (SSSR count). The number of aliphatic imine (C=N–C) groups is 1. The van der Waals surface area contributed by atoms with E-state index in [4.69, 9.17) is 22.9 Å². The van der Waals surface area contributed by atoms with Gasteiger partial charge in [-0.3, -0.25) is 43.3 Å². The number of nitrogens with zero attached hydrogens (tertiary/aromatic N) is 1. The number of hydrogen-bond acceptors (Lipinski definition) is 14. The number of amides is 7. The van der Waals surface area contributed by atoms with Crippen LogP contribution in [0.1, 0.15) is 46.5 Å². The number of aliphatic hydroxyl groups is 2. The van der Waals surface area contributed by atoms with Gasteiger partial charge in [-0.15, -0.1) is 0 Å². The number of guanidine groups is 1. The van der Waals surface area contributed by atoms with Crippen molar-refractivity contribution < 1.29 is 53.7 Å². The first-order valence-electron chi connectivity index (χ1n) is 16.4. The van der Waals surface area contributed by atoms with Crippen molar-refractivity contribution in [2.45, 2.75) is 94.9 Å². The zero-order valence-corrected chi connectivity index (χ0v) is 31.2. The Bertz CT molecular complexity index is 1350. The average molecular weight is 794 g/mol. The van der Waals surface area contributed by atoms with Gasteiger partial charge in [0.1, 0.15) is 36.3 Å². The Balaban J connectivity index is 3.58. The van der Waals surface area contributed by atoms with E-state index in [0.717, 1.165) is 28.5 Å². The summed E-state index contributed by atoms with van der Waals surface area (Å²) in [6.07, 6.45) is -2.53. The minimum absolute atomic E-state index is 0.0383. The van der Waals surface area contributed by atoms with Crippen LogP contribution in [-0.4, -0.2) is 142 Å². The monoisotopic (exact) mass is 793 g/mol. The molecule has 0 unspecified atom stereocenters. The van der Waals surface area contributed by atoms with Crippen LogP contribution in [0, 0.1) is 5.92 Å². The molecule has 8 atom stereocenters. The van der Waals surface area contributed by atoms with Crippen molar-refractivity contribution in [1.29, 1.82) is 0 Å². The van der Waals surface area contributed by atoms with E-state index in [1.54, 1.807) is 13.8 Å². The van der Waals surface area contributed by atoms with Gasteiger partial charge in [0.25, 0.3) is 0 Å². The maximum atomic E-state index is 13.4. The van der Waals surface area contributed by atoms with Gasteiger partial charge in [0.2, 0.25) is 41.4 Å². The van der Waals surface area contributed by atoms with Crippen LogP contribution < -0.4 is 54.8 Å². The summed E-state index contributed by atoms with van der Waals surface area (Å²) in [7, 11) is 2.10. The second-order valence-corrected chi connectivity index (χ2v) is 15.0. The molecule has 7 amide bonds. The van der Waals surface area contributed by atoms with Crippen molar-refractivity contribution in [2.75, 3.05) is 24.7 Å². The molecule has 0 bridgehead atoms. The van der Waals surface area contributed by atoms with Gasteiger partial charge in [-0.05, 0) is 32.1 Å². The largest absolute Gasteiger partial charge is 0.481 e. The van der Waals surface area contributed by atoms with Crippen molar-refractivity contribution in [3.8, 4) is 0 Å². The molecular weight excluding hydrogens is 743 g/mol. The van der Waals surface area contributed by atoms with Crippen LogP contribution in [0.25, 0.3) is 0 Å². The molecule has 1 saturated heterocycles. The molecule has 1 aliphatic rings. The standard InChI is InChI=1S/C29H51N11O11S2/c1-12(2)7-16-25(48)39-19(22(31)45)11-53-52-10-14(30)23(46)35-15(5-4-6-34-29(32)33)24(47)38-18(9-41)27(50)36-17(8-20(43)44)26(49)40-21(13(3)42)28(51)37-16/h12-19,21,41-42H,4-11,30H2,1-3H3,(H2,31,45)(H,35,46)(H,36,50)(H,37,51)(H,38,47)(H,39,48)(H,40,49)(H,43,44)(H4,32,33,34)/t13-,14+,15+,16+,17-,18-,19+,21-/m0/s1. The van der Waals surface area contributed by atoms with Gasteiger partial charge in [-0.1, -0.05) is 35.4 Å². The van der Waals surface area contributed by atoms with Crippen LogP contribution in [-0.2, 0) is 38.4 Å². The fraction of sp³-hybridized carbons (Fsp3) is 0.690. The van der Waals surface area contributed by atoms with Gasteiger partial charge < -0.3 is 70.2 Å². The van der Waals surface area contributed by atoms with E-state index < -0.39 is 109 Å². The molecule has 0 aromatic heterocycles. The van der Waals surface area contributed by atoms with E-state index in [0.29, 0.717) is 0 Å². The Morgan fingerprint density at radius 2 is 1.30 bits per heavy atom. The molecule has 22 nitrogen and oxygen atoms in total. The average Bonchev–Trinajstić information content (AvgIpc) is 3.06. The number of carboxylic acids is 1. The van der Waals surface area contributed by atoms with E-state index >= 15 is 0 Å². The van der Waals surface area contributed by atoms with Gasteiger partial charge in [0.05, 0.1) is 25.2 Å². The molecule has 0 spiro atoms. The fourth-order valence-corrected chi connectivity index (χ4v) is 6.88. The van der Waals surface area contributed by atoms with Crippen molar-refractivity contribution in [2.24, 2.45) is 33.8 Å². The molecule has 53 heavy (non-hydrogen) atoms. The van der Waals surface area contributed by atoms with Gasteiger partial charge in [-0.2, -0.15) is 0 Å². The predicted molar refractivity (Wildman–Crippen MR) is 194 cm³/mol. The van der Waals surface area contributed by atoms with Crippen LogP contribution in [0.4, 0.5) is 0 Å². The quantitative estimate of drug-likeness (QED) is 0.0401. The molecule has 300 valence electrons. The number of nitrogens with one attached hydrogen (secondary N) is 6. The number of carbonyl (C=O) groups is 8. The van der Waals surface area contributed by atoms with Gasteiger partial charge in [0.15, 0.2) is 5.96 Å². The summed E-state index contributed by atoms with van der Waals surface area (Å²) in [4.78, 5) is 107. The molecule has 0 radical (unpaired) electrons. The summed E-state index contributed by atoms with van der Waals surface area (Å²) in [5.74, 6) is -9.13. The molecular formula is C29H51N11O11S2. The van der Waals surface area contributed by atoms with Crippen LogP contribution in [0.15, 0.2) is 4.99 Å². The molecule has 1 heterocycles. The molecule has 0 aromatic rings. The van der Waals surface area contributed by atoms with Crippen molar-refractivity contribution in [1.82, 2.24) is 31.9 Å². The topological polar surface area (TPSA) is 386 Å². The number of carboxylic acid groups (broad SMARTS) is 1. The molecule has 24 heteroatoms. The van der Waals surface area contributed by atoms with Crippen LogP contribution in [0.2, 0.25) is 0 Å². The first-order chi connectivity index (χ1) is 24.8. The number of aliphatic carboxylic acids is 1. The molecule has 1 fully saturated rings. The summed E-state index contributed by atoms with van der Waals surface area (Å²) >= 11 is 0. The molecule has 0 aliphatic carbocycles. The second-order valence-electron chi connectivity index (χ2n) is 12.5. The molecule has 17 N–H and O–H groups in total. The Kier molecular flexibility index (Phi) is 20.5. The normalized spacial score (nSPS) is 26.8. The number of nitrogens with two attached hydrogens (primary N) is 4. The highest BCUT2D eigenvalue weighted by Gasteiger charge is 2.36. The van der Waals surface area contributed by atoms with Crippen LogP contribution in [0.3, 0.4) is 0 Å². The third-order valence-corrected chi connectivity index (χ3v) is 9.82. The van der Waals surface area contributed by atoms with Crippen molar-refractivity contribution >= 4 is 74.9 Å². The van der Waals surface area contributed by atoms with Gasteiger partial charge >= 0.3 is 5.97 Å². The number of hydrogen-bond donors (Lipinski definition) is 13. The Morgan fingerprint density at radius 1 is 0.774 bits per heavy atom. The third kappa shape index (κ3) is 17.3. The number of primary amides is 1. The molecule has 0 aromatic carbocycles. The summed E-state index contributed by atoms with van der Waals surface area (Å²) in [6, 6.07) is -10.5. The van der Waals surface area contributed by atoms with Crippen molar-refractivity contribution in [3.05, 3.63) is 0 Å². The first kappa shape index (κ1) is 46.6. The maximum absolute atomic E-state index is 13.4. The lowest BCUT2D eigenvalue weighted by Gasteiger charge is -2.28. The summed E-state index contributed by atoms with van der Waals surface area (Å²) in [5, 5.41) is 43.7. The minimum atomic E-state index is -1.91. The first-order valence-corrected chi connectivity index (χ1v) is 18.9. The van der Waals surface area contributed by atoms with E-state index in [2.05, 4.69) is 36.9 Å². The zero-order chi connectivity index (χ0) is 40.4. The molecule has 1 aliphatic heterocycles. The summed E-state index contributed by atoms with van der Waals surface area (Å²) < 4.78 is 0. The Hall–Kier alpha value is -4.39.